The van der Waals surface area contributed by atoms with Gasteiger partial charge in [-0.2, -0.15) is 0 Å². The predicted molar refractivity (Wildman–Crippen MR) is 95.8 cm³/mol. The minimum Gasteiger partial charge on any atom is -0.326 e. The Morgan fingerprint density at radius 1 is 1.04 bits per heavy atom. The molecule has 6 rings (SSSR count). The smallest absolute Gasteiger partial charge is 0.233 e. The summed E-state index contributed by atoms with van der Waals surface area (Å²) in [7, 11) is 0. The zero-order valence-corrected chi connectivity index (χ0v) is 14.7. The summed E-state index contributed by atoms with van der Waals surface area (Å²) in [4.78, 5) is 39.3. The van der Waals surface area contributed by atoms with Crippen molar-refractivity contribution >= 4 is 23.4 Å². The number of rotatable bonds is 4. The van der Waals surface area contributed by atoms with Gasteiger partial charge in [0.15, 0.2) is 0 Å². The molecule has 1 heterocycles. The van der Waals surface area contributed by atoms with Crippen molar-refractivity contribution in [2.45, 2.75) is 19.8 Å². The van der Waals surface area contributed by atoms with Gasteiger partial charge < -0.3 is 5.32 Å². The van der Waals surface area contributed by atoms with Crippen molar-refractivity contribution in [3.05, 3.63) is 42.0 Å². The van der Waals surface area contributed by atoms with Crippen LogP contribution < -0.4 is 5.32 Å². The maximum Gasteiger partial charge on any atom is 0.233 e. The average Bonchev–Trinajstić information content (AvgIpc) is 3.41. The number of likely N-dealkylation sites (tertiary alicyclic amines) is 1. The molecule has 1 saturated heterocycles. The highest BCUT2D eigenvalue weighted by Gasteiger charge is 2.66. The van der Waals surface area contributed by atoms with E-state index >= 15 is 0 Å². The number of nitrogens with one attached hydrogen (secondary N) is 1. The van der Waals surface area contributed by atoms with E-state index in [0.29, 0.717) is 11.8 Å². The van der Waals surface area contributed by atoms with E-state index in [1.165, 1.54) is 4.90 Å². The lowest BCUT2D eigenvalue weighted by Crippen LogP contribution is -2.40. The van der Waals surface area contributed by atoms with Crippen LogP contribution in [-0.4, -0.2) is 29.2 Å². The fourth-order valence-electron chi connectivity index (χ4n) is 5.31. The van der Waals surface area contributed by atoms with E-state index in [9.17, 15) is 14.4 Å². The number of anilines is 1. The third-order valence-electron chi connectivity index (χ3n) is 6.65. The molecule has 1 aliphatic heterocycles. The van der Waals surface area contributed by atoms with Crippen molar-refractivity contribution < 1.29 is 14.4 Å². The number of allylic oxidation sites excluding steroid dienone is 2. The summed E-state index contributed by atoms with van der Waals surface area (Å²) in [6.07, 6.45) is 5.63. The predicted octanol–water partition coefficient (Wildman–Crippen LogP) is 2.38. The largest absolute Gasteiger partial charge is 0.326 e. The van der Waals surface area contributed by atoms with Crippen LogP contribution >= 0.6 is 0 Å². The van der Waals surface area contributed by atoms with Gasteiger partial charge in [0.05, 0.1) is 11.8 Å². The Balaban J connectivity index is 1.24. The van der Waals surface area contributed by atoms with Gasteiger partial charge in [0.25, 0.3) is 0 Å². The summed E-state index contributed by atoms with van der Waals surface area (Å²) in [6, 6.07) is 7.57. The number of hydrogen-bond acceptors (Lipinski definition) is 3. The summed E-state index contributed by atoms with van der Waals surface area (Å²) in [5.74, 6) is 1.02. The highest BCUT2D eigenvalue weighted by molar-refractivity contribution is 6.06. The molecule has 5 aliphatic rings. The van der Waals surface area contributed by atoms with Crippen LogP contribution in [0.2, 0.25) is 0 Å². The van der Waals surface area contributed by atoms with Gasteiger partial charge in [0, 0.05) is 18.7 Å². The molecule has 3 amide bonds. The fourth-order valence-corrected chi connectivity index (χ4v) is 5.31. The molecular weight excluding hydrogens is 328 g/mol. The van der Waals surface area contributed by atoms with Crippen molar-refractivity contribution in [1.29, 1.82) is 0 Å². The Labute approximate surface area is 152 Å². The molecule has 134 valence electrons. The second-order valence-electron chi connectivity index (χ2n) is 8.15. The van der Waals surface area contributed by atoms with E-state index in [0.717, 1.165) is 17.7 Å². The summed E-state index contributed by atoms with van der Waals surface area (Å²) in [6.45, 7) is 2.17. The van der Waals surface area contributed by atoms with Crippen molar-refractivity contribution in [2.24, 2.45) is 35.5 Å². The fraction of sp³-hybridized carbons (Fsp3) is 0.476. The van der Waals surface area contributed by atoms with Crippen molar-refractivity contribution in [3.63, 3.8) is 0 Å². The number of imide groups is 1. The van der Waals surface area contributed by atoms with Crippen LogP contribution in [0.15, 0.2) is 36.4 Å². The Bertz CT molecular complexity index is 792. The van der Waals surface area contributed by atoms with Gasteiger partial charge in [-0.1, -0.05) is 29.8 Å². The maximum absolute atomic E-state index is 12.9. The van der Waals surface area contributed by atoms with Gasteiger partial charge >= 0.3 is 0 Å². The van der Waals surface area contributed by atoms with E-state index in [2.05, 4.69) is 17.5 Å². The van der Waals surface area contributed by atoms with Crippen molar-refractivity contribution in [3.8, 4) is 0 Å². The number of amides is 3. The first-order chi connectivity index (χ1) is 12.5. The Kier molecular flexibility index (Phi) is 3.36. The third-order valence-corrected chi connectivity index (χ3v) is 6.65. The van der Waals surface area contributed by atoms with Crippen LogP contribution in [-0.2, 0) is 14.4 Å². The highest BCUT2D eigenvalue weighted by Crippen LogP contribution is 2.65. The van der Waals surface area contributed by atoms with Crippen LogP contribution in [0.25, 0.3) is 0 Å². The lowest BCUT2D eigenvalue weighted by Gasteiger charge is -2.37. The highest BCUT2D eigenvalue weighted by atomic mass is 16.2. The van der Waals surface area contributed by atoms with Crippen LogP contribution in [0.1, 0.15) is 18.4 Å². The van der Waals surface area contributed by atoms with E-state index < -0.39 is 0 Å². The van der Waals surface area contributed by atoms with E-state index in [-0.39, 0.29) is 54.4 Å². The molecule has 3 fully saturated rings. The molecule has 0 aromatic heterocycles. The van der Waals surface area contributed by atoms with Crippen LogP contribution in [0.5, 0.6) is 0 Å². The SMILES string of the molecule is Cc1ccc(NC(=O)CCN2C(=O)[C@@H]3[C@H]4C=C[C@@H]([C@@H]5C[C@@H]45)[C@@H]3C2=O)cc1. The van der Waals surface area contributed by atoms with Gasteiger partial charge in [-0.3, -0.25) is 19.3 Å². The third kappa shape index (κ3) is 2.26. The molecule has 2 saturated carbocycles. The number of aryl methyl sites for hydroxylation is 1. The quantitative estimate of drug-likeness (QED) is 0.670. The minimum absolute atomic E-state index is 0.0622. The van der Waals surface area contributed by atoms with Crippen LogP contribution in [0, 0.1) is 42.4 Å². The molecule has 26 heavy (non-hydrogen) atoms. The van der Waals surface area contributed by atoms with Gasteiger partial charge in [-0.05, 0) is 49.1 Å². The Hall–Kier alpha value is -2.43. The molecule has 5 nitrogen and oxygen atoms in total. The molecule has 2 bridgehead atoms. The summed E-state index contributed by atoms with van der Waals surface area (Å²) < 4.78 is 0. The monoisotopic (exact) mass is 350 g/mol. The summed E-state index contributed by atoms with van der Waals surface area (Å²) in [5, 5.41) is 2.83. The van der Waals surface area contributed by atoms with Crippen molar-refractivity contribution in [2.75, 3.05) is 11.9 Å². The zero-order valence-electron chi connectivity index (χ0n) is 14.7. The number of nitrogens with zero attached hydrogens (tertiary/aromatic N) is 1. The van der Waals surface area contributed by atoms with Crippen molar-refractivity contribution in [1.82, 2.24) is 4.90 Å². The normalized spacial score (nSPS) is 36.1. The maximum atomic E-state index is 12.9. The van der Waals surface area contributed by atoms with E-state index in [4.69, 9.17) is 0 Å². The van der Waals surface area contributed by atoms with Gasteiger partial charge in [-0.25, -0.2) is 0 Å². The van der Waals surface area contributed by atoms with Gasteiger partial charge in [0.1, 0.15) is 0 Å². The first-order valence-corrected chi connectivity index (χ1v) is 9.44. The molecule has 0 spiro atoms. The number of carbonyl (C=O) groups excluding carboxylic acids is 3. The second-order valence-corrected chi connectivity index (χ2v) is 8.15. The topological polar surface area (TPSA) is 66.5 Å². The number of hydrogen-bond donors (Lipinski definition) is 1. The average molecular weight is 350 g/mol. The van der Waals surface area contributed by atoms with Crippen LogP contribution in [0.4, 0.5) is 5.69 Å². The summed E-state index contributed by atoms with van der Waals surface area (Å²) >= 11 is 0. The number of carbonyl (C=O) groups is 3. The van der Waals surface area contributed by atoms with Crippen LogP contribution in [0.3, 0.4) is 0 Å². The molecule has 6 atom stereocenters. The molecule has 4 aliphatic carbocycles. The van der Waals surface area contributed by atoms with E-state index in [1.54, 1.807) is 0 Å². The molecule has 0 radical (unpaired) electrons. The summed E-state index contributed by atoms with van der Waals surface area (Å²) in [5.41, 5.74) is 1.86. The first kappa shape index (κ1) is 15.8. The Morgan fingerprint density at radius 2 is 1.62 bits per heavy atom. The molecular formula is C21H22N2O3. The first-order valence-electron chi connectivity index (χ1n) is 9.44. The lowest BCUT2D eigenvalue weighted by atomic mass is 9.63. The Morgan fingerprint density at radius 3 is 2.19 bits per heavy atom. The standard InChI is InChI=1S/C21H22N2O3/c1-11-2-4-12(5-3-11)22-17(24)8-9-23-20(25)18-13-6-7-14(16-10-15(13)16)19(18)21(23)26/h2-7,13-16,18-19H,8-10H2,1H3,(H,22,24)/t13-,14-,15-,16-,18-,19+/m0/s1. The molecule has 5 heteroatoms. The molecule has 1 aromatic rings. The zero-order chi connectivity index (χ0) is 18.0. The molecule has 0 unspecified atom stereocenters. The minimum atomic E-state index is -0.179. The second kappa shape index (κ2) is 5.53. The van der Waals surface area contributed by atoms with Gasteiger partial charge in [-0.15, -0.1) is 0 Å². The molecule has 1 aromatic carbocycles. The number of benzene rings is 1. The molecule has 1 N–H and O–H groups in total. The van der Waals surface area contributed by atoms with Gasteiger partial charge in [0.2, 0.25) is 17.7 Å². The van der Waals surface area contributed by atoms with E-state index in [1.807, 2.05) is 31.2 Å². The lowest BCUT2D eigenvalue weighted by molar-refractivity contribution is -0.140.